The zero-order valence-electron chi connectivity index (χ0n) is 21.9. The number of aromatic hydroxyl groups is 1. The van der Waals surface area contributed by atoms with Gasteiger partial charge in [-0.3, -0.25) is 19.7 Å². The highest BCUT2D eigenvalue weighted by Crippen LogP contribution is 2.12. The van der Waals surface area contributed by atoms with E-state index in [2.05, 4.69) is 16.0 Å². The maximum atomic E-state index is 13.2. The van der Waals surface area contributed by atoms with E-state index in [9.17, 15) is 19.5 Å². The molecule has 2 rings (SSSR count). The molecular weight excluding hydrogens is 488 g/mol. The highest BCUT2D eigenvalue weighted by atomic mass is 32.2. The smallest absolute Gasteiger partial charge is 0.249 e. The van der Waals surface area contributed by atoms with Crippen molar-refractivity contribution in [3.05, 3.63) is 65.7 Å². The molecule has 0 aromatic heterocycles. The third kappa shape index (κ3) is 11.4. The third-order valence-electron chi connectivity index (χ3n) is 5.76. The standard InChI is InChI=1S/C28H40N4O4S/c1-4-37-18-23(29)26(34)31-25(17-21-10-12-22(33)13-11-21)28(36)32-27(35)24(16-19(2)3)30-15-14-20-8-6-5-7-9-20/h5-13,19,23-25,30,33H,4,14-18,29H2,1-3H3,(H,31,34)(H,32,35,36)/t23?,24-,25-/m0/s1. The monoisotopic (exact) mass is 528 g/mol. The number of thioether (sulfide) groups is 1. The van der Waals surface area contributed by atoms with Gasteiger partial charge in [0.15, 0.2) is 0 Å². The molecule has 3 amide bonds. The molecule has 202 valence electrons. The van der Waals surface area contributed by atoms with Crippen LogP contribution in [-0.4, -0.2) is 59.0 Å². The molecule has 37 heavy (non-hydrogen) atoms. The average molecular weight is 529 g/mol. The van der Waals surface area contributed by atoms with Crippen LogP contribution in [0, 0.1) is 5.92 Å². The fourth-order valence-electron chi connectivity index (χ4n) is 3.76. The second kappa shape index (κ2) is 16.1. The topological polar surface area (TPSA) is 134 Å². The Morgan fingerprint density at radius 3 is 2.19 bits per heavy atom. The van der Waals surface area contributed by atoms with E-state index in [-0.39, 0.29) is 18.1 Å². The lowest BCUT2D eigenvalue weighted by atomic mass is 10.0. The summed E-state index contributed by atoms with van der Waals surface area (Å²) in [4.78, 5) is 39.0. The molecule has 0 bridgehead atoms. The first-order valence-corrected chi connectivity index (χ1v) is 13.9. The number of rotatable bonds is 15. The Hall–Kier alpha value is -2.88. The Labute approximate surface area is 224 Å². The van der Waals surface area contributed by atoms with Crippen LogP contribution < -0.4 is 21.7 Å². The number of carbonyl (C=O) groups is 3. The molecule has 0 spiro atoms. The van der Waals surface area contributed by atoms with Gasteiger partial charge in [0.25, 0.3) is 0 Å². The summed E-state index contributed by atoms with van der Waals surface area (Å²) in [6.45, 7) is 6.60. The number of phenolic OH excluding ortho intramolecular Hbond substituents is 1. The van der Waals surface area contributed by atoms with Gasteiger partial charge in [-0.2, -0.15) is 11.8 Å². The molecule has 0 saturated carbocycles. The first kappa shape index (κ1) is 30.3. The summed E-state index contributed by atoms with van der Waals surface area (Å²) in [5, 5.41) is 18.1. The molecule has 0 saturated heterocycles. The summed E-state index contributed by atoms with van der Waals surface area (Å²) in [5.41, 5.74) is 7.88. The number of amides is 3. The Morgan fingerprint density at radius 2 is 1.57 bits per heavy atom. The molecule has 0 aliphatic rings. The van der Waals surface area contributed by atoms with Gasteiger partial charge in [0.1, 0.15) is 11.8 Å². The average Bonchev–Trinajstić information content (AvgIpc) is 2.87. The van der Waals surface area contributed by atoms with Gasteiger partial charge in [-0.15, -0.1) is 0 Å². The lowest BCUT2D eigenvalue weighted by Gasteiger charge is -2.23. The fourth-order valence-corrected chi connectivity index (χ4v) is 4.40. The zero-order valence-corrected chi connectivity index (χ0v) is 22.7. The molecule has 6 N–H and O–H groups in total. The minimum Gasteiger partial charge on any atom is -0.508 e. The zero-order chi connectivity index (χ0) is 27.2. The van der Waals surface area contributed by atoms with E-state index in [0.717, 1.165) is 23.3 Å². The number of nitrogens with one attached hydrogen (secondary N) is 3. The van der Waals surface area contributed by atoms with Gasteiger partial charge >= 0.3 is 0 Å². The van der Waals surface area contributed by atoms with Crippen molar-refractivity contribution in [3.8, 4) is 5.75 Å². The lowest BCUT2D eigenvalue weighted by molar-refractivity contribution is -0.135. The van der Waals surface area contributed by atoms with Crippen LogP contribution in [0.3, 0.4) is 0 Å². The Balaban J connectivity index is 2.08. The van der Waals surface area contributed by atoms with Gasteiger partial charge in [-0.05, 0) is 54.3 Å². The molecule has 8 nitrogen and oxygen atoms in total. The summed E-state index contributed by atoms with van der Waals surface area (Å²) in [6, 6.07) is 14.0. The second-order valence-corrected chi connectivity index (χ2v) is 10.7. The highest BCUT2D eigenvalue weighted by Gasteiger charge is 2.28. The molecule has 2 aromatic carbocycles. The van der Waals surface area contributed by atoms with Gasteiger partial charge < -0.3 is 21.5 Å². The van der Waals surface area contributed by atoms with Crippen molar-refractivity contribution in [3.63, 3.8) is 0 Å². The van der Waals surface area contributed by atoms with Crippen LogP contribution in [0.1, 0.15) is 38.3 Å². The minimum absolute atomic E-state index is 0.0979. The summed E-state index contributed by atoms with van der Waals surface area (Å²) < 4.78 is 0. The third-order valence-corrected chi connectivity index (χ3v) is 6.77. The van der Waals surface area contributed by atoms with Crippen molar-refractivity contribution >= 4 is 29.5 Å². The van der Waals surface area contributed by atoms with Crippen LogP contribution in [0.15, 0.2) is 54.6 Å². The van der Waals surface area contributed by atoms with Crippen molar-refractivity contribution in [1.29, 1.82) is 0 Å². The summed E-state index contributed by atoms with van der Waals surface area (Å²) in [5.74, 6) is 0.102. The minimum atomic E-state index is -0.998. The normalized spacial score (nSPS) is 13.5. The van der Waals surface area contributed by atoms with Crippen molar-refractivity contribution in [2.24, 2.45) is 11.7 Å². The molecule has 0 aliphatic heterocycles. The van der Waals surface area contributed by atoms with Crippen molar-refractivity contribution < 1.29 is 19.5 Å². The molecule has 3 atom stereocenters. The molecule has 9 heteroatoms. The van der Waals surface area contributed by atoms with Crippen molar-refractivity contribution in [2.75, 3.05) is 18.1 Å². The van der Waals surface area contributed by atoms with Crippen LogP contribution in [0.4, 0.5) is 0 Å². The number of hydrogen-bond acceptors (Lipinski definition) is 7. The van der Waals surface area contributed by atoms with E-state index in [1.165, 1.54) is 23.9 Å². The van der Waals surface area contributed by atoms with E-state index >= 15 is 0 Å². The van der Waals surface area contributed by atoms with Crippen molar-refractivity contribution in [2.45, 2.75) is 58.2 Å². The van der Waals surface area contributed by atoms with E-state index < -0.39 is 35.8 Å². The van der Waals surface area contributed by atoms with Gasteiger partial charge in [-0.25, -0.2) is 0 Å². The first-order chi connectivity index (χ1) is 17.7. The number of nitrogens with two attached hydrogens (primary N) is 1. The van der Waals surface area contributed by atoms with Gasteiger partial charge in [-0.1, -0.05) is 63.2 Å². The largest absolute Gasteiger partial charge is 0.508 e. The van der Waals surface area contributed by atoms with Crippen LogP contribution in [0.25, 0.3) is 0 Å². The molecule has 1 unspecified atom stereocenters. The first-order valence-electron chi connectivity index (χ1n) is 12.7. The van der Waals surface area contributed by atoms with Crippen LogP contribution in [0.2, 0.25) is 0 Å². The van der Waals surface area contributed by atoms with E-state index in [4.69, 9.17) is 5.73 Å². The summed E-state index contributed by atoms with van der Waals surface area (Å²) in [6.07, 6.45) is 1.46. The number of phenols is 1. The Bertz CT molecular complexity index is 985. The molecule has 0 heterocycles. The predicted molar refractivity (Wildman–Crippen MR) is 149 cm³/mol. The van der Waals surface area contributed by atoms with Gasteiger partial charge in [0, 0.05) is 12.2 Å². The predicted octanol–water partition coefficient (Wildman–Crippen LogP) is 2.39. The fraction of sp³-hybridized carbons (Fsp3) is 0.464. The molecule has 2 aromatic rings. The molecular formula is C28H40N4O4S. The van der Waals surface area contributed by atoms with Gasteiger partial charge in [0.2, 0.25) is 17.7 Å². The summed E-state index contributed by atoms with van der Waals surface area (Å²) >= 11 is 1.54. The van der Waals surface area contributed by atoms with E-state index in [0.29, 0.717) is 18.7 Å². The number of benzene rings is 2. The number of carbonyl (C=O) groups excluding carboxylic acids is 3. The van der Waals surface area contributed by atoms with Crippen LogP contribution >= 0.6 is 11.8 Å². The quantitative estimate of drug-likeness (QED) is 0.240. The maximum Gasteiger partial charge on any atom is 0.249 e. The SMILES string of the molecule is CCSCC(N)C(=O)N[C@@H](Cc1ccc(O)cc1)C(=O)NC(=O)[C@H](CC(C)C)NCCc1ccccc1. The van der Waals surface area contributed by atoms with Crippen molar-refractivity contribution in [1.82, 2.24) is 16.0 Å². The molecule has 0 fully saturated rings. The lowest BCUT2D eigenvalue weighted by Crippen LogP contribution is -2.56. The number of imide groups is 1. The highest BCUT2D eigenvalue weighted by molar-refractivity contribution is 7.99. The van der Waals surface area contributed by atoms with E-state index in [1.807, 2.05) is 51.1 Å². The van der Waals surface area contributed by atoms with Gasteiger partial charge in [0.05, 0.1) is 12.1 Å². The van der Waals surface area contributed by atoms with E-state index in [1.54, 1.807) is 12.1 Å². The van der Waals surface area contributed by atoms with Crippen LogP contribution in [0.5, 0.6) is 5.75 Å². The number of hydrogen-bond donors (Lipinski definition) is 5. The maximum absolute atomic E-state index is 13.2. The Kier molecular flexibility index (Phi) is 13.2. The molecule has 0 radical (unpaired) electrons. The van der Waals surface area contributed by atoms with Crippen LogP contribution in [-0.2, 0) is 27.2 Å². The Morgan fingerprint density at radius 1 is 0.919 bits per heavy atom. The second-order valence-electron chi connectivity index (χ2n) is 9.42. The molecule has 0 aliphatic carbocycles. The summed E-state index contributed by atoms with van der Waals surface area (Å²) in [7, 11) is 0.